The number of hydrogen-bond acceptors (Lipinski definition) is 3. The van der Waals surface area contributed by atoms with Gasteiger partial charge in [0.15, 0.2) is 0 Å². The molecular formula is C14H20ClN3O2. The van der Waals surface area contributed by atoms with Crippen LogP contribution in [0.2, 0.25) is 0 Å². The number of nitrogens with one attached hydrogen (secondary N) is 2. The van der Waals surface area contributed by atoms with Gasteiger partial charge in [0.2, 0.25) is 11.8 Å². The Labute approximate surface area is 124 Å². The highest BCUT2D eigenvalue weighted by molar-refractivity contribution is 5.97. The fourth-order valence-corrected chi connectivity index (χ4v) is 1.67. The van der Waals surface area contributed by atoms with E-state index in [1.54, 1.807) is 13.0 Å². The monoisotopic (exact) mass is 297 g/mol. The first kappa shape index (κ1) is 16.5. The van der Waals surface area contributed by atoms with E-state index in [4.69, 9.17) is 5.73 Å². The zero-order chi connectivity index (χ0) is 14.0. The summed E-state index contributed by atoms with van der Waals surface area (Å²) in [6, 6.07) is 4.89. The number of anilines is 2. The molecule has 1 saturated carbocycles. The molecule has 0 saturated heterocycles. The molecule has 110 valence electrons. The minimum absolute atomic E-state index is 0. The summed E-state index contributed by atoms with van der Waals surface area (Å²) in [4.78, 5) is 23.3. The van der Waals surface area contributed by atoms with Crippen LogP contribution in [0.3, 0.4) is 0 Å². The van der Waals surface area contributed by atoms with Crippen molar-refractivity contribution in [2.75, 3.05) is 10.6 Å². The summed E-state index contributed by atoms with van der Waals surface area (Å²) in [6.45, 7) is 3.52. The van der Waals surface area contributed by atoms with Crippen molar-refractivity contribution in [1.29, 1.82) is 0 Å². The molecule has 1 fully saturated rings. The minimum Gasteiger partial charge on any atom is -0.326 e. The Morgan fingerprint density at radius 3 is 2.50 bits per heavy atom. The second-order valence-corrected chi connectivity index (χ2v) is 5.07. The maximum absolute atomic E-state index is 11.7. The summed E-state index contributed by atoms with van der Waals surface area (Å²) in [5, 5.41) is 5.61. The molecule has 2 amide bonds. The topological polar surface area (TPSA) is 84.2 Å². The average Bonchev–Trinajstić information content (AvgIpc) is 3.17. The average molecular weight is 298 g/mol. The molecule has 5 nitrogen and oxygen atoms in total. The van der Waals surface area contributed by atoms with Crippen molar-refractivity contribution in [1.82, 2.24) is 0 Å². The Balaban J connectivity index is 0.00000200. The summed E-state index contributed by atoms with van der Waals surface area (Å²) in [6.07, 6.45) is 1.93. The number of halogens is 1. The van der Waals surface area contributed by atoms with Crippen LogP contribution in [0, 0.1) is 12.8 Å². The van der Waals surface area contributed by atoms with Gasteiger partial charge in [-0.1, -0.05) is 6.07 Å². The van der Waals surface area contributed by atoms with Crippen molar-refractivity contribution in [2.45, 2.75) is 32.7 Å². The van der Waals surface area contributed by atoms with Crippen LogP contribution in [0.1, 0.15) is 25.3 Å². The van der Waals surface area contributed by atoms with Crippen LogP contribution in [-0.2, 0) is 9.59 Å². The van der Waals surface area contributed by atoms with Crippen LogP contribution < -0.4 is 16.4 Å². The van der Waals surface area contributed by atoms with Crippen LogP contribution in [0.5, 0.6) is 0 Å². The Morgan fingerprint density at radius 1 is 1.30 bits per heavy atom. The summed E-state index contributed by atoms with van der Waals surface area (Å²) in [5.41, 5.74) is 7.82. The molecule has 0 bridgehead atoms. The highest BCUT2D eigenvalue weighted by Crippen LogP contribution is 2.30. The van der Waals surface area contributed by atoms with Crippen LogP contribution >= 0.6 is 12.4 Å². The quantitative estimate of drug-likeness (QED) is 0.795. The second kappa shape index (κ2) is 6.72. The van der Waals surface area contributed by atoms with Crippen LogP contribution in [0.4, 0.5) is 11.4 Å². The lowest BCUT2D eigenvalue weighted by molar-refractivity contribution is -0.117. The van der Waals surface area contributed by atoms with Gasteiger partial charge < -0.3 is 16.4 Å². The van der Waals surface area contributed by atoms with Crippen molar-refractivity contribution in [3.63, 3.8) is 0 Å². The molecule has 2 rings (SSSR count). The van der Waals surface area contributed by atoms with Gasteiger partial charge in [-0.15, -0.1) is 12.4 Å². The molecule has 20 heavy (non-hydrogen) atoms. The van der Waals surface area contributed by atoms with Gasteiger partial charge in [0.05, 0.1) is 6.04 Å². The van der Waals surface area contributed by atoms with E-state index >= 15 is 0 Å². The molecule has 6 heteroatoms. The molecule has 0 aliphatic heterocycles. The van der Waals surface area contributed by atoms with Gasteiger partial charge in [-0.2, -0.15) is 0 Å². The van der Waals surface area contributed by atoms with E-state index in [9.17, 15) is 9.59 Å². The molecular weight excluding hydrogens is 278 g/mol. The standard InChI is InChI=1S/C14H19N3O2.ClH/c1-8-3-6-11(16-14(19)10-4-5-10)7-12(8)17-13(18)9(2)15;/h3,6-7,9-10H,4-5,15H2,1-2H3,(H,16,19)(H,17,18);1H. The normalized spacial score (nSPS) is 14.9. The Morgan fingerprint density at radius 2 is 1.95 bits per heavy atom. The van der Waals surface area contributed by atoms with Gasteiger partial charge in [-0.3, -0.25) is 9.59 Å². The molecule has 0 spiro atoms. The molecule has 0 aromatic heterocycles. The van der Waals surface area contributed by atoms with E-state index in [1.807, 2.05) is 19.1 Å². The zero-order valence-corrected chi connectivity index (χ0v) is 12.4. The minimum atomic E-state index is -0.566. The van der Waals surface area contributed by atoms with Crippen LogP contribution in [0.15, 0.2) is 18.2 Å². The number of aryl methyl sites for hydroxylation is 1. The molecule has 1 atom stereocenters. The zero-order valence-electron chi connectivity index (χ0n) is 11.6. The first-order valence-electron chi connectivity index (χ1n) is 6.45. The molecule has 0 radical (unpaired) electrons. The van der Waals surface area contributed by atoms with Crippen LogP contribution in [0.25, 0.3) is 0 Å². The van der Waals surface area contributed by atoms with E-state index in [0.29, 0.717) is 11.4 Å². The predicted octanol–water partition coefficient (Wildman–Crippen LogP) is 2.05. The summed E-state index contributed by atoms with van der Waals surface area (Å²) in [5.74, 6) is -0.0366. The van der Waals surface area contributed by atoms with Crippen LogP contribution in [-0.4, -0.2) is 17.9 Å². The van der Waals surface area contributed by atoms with E-state index in [2.05, 4.69) is 10.6 Å². The maximum atomic E-state index is 11.7. The molecule has 1 unspecified atom stereocenters. The summed E-state index contributed by atoms with van der Waals surface area (Å²) >= 11 is 0. The molecule has 1 aliphatic rings. The predicted molar refractivity (Wildman–Crippen MR) is 82.1 cm³/mol. The van der Waals surface area contributed by atoms with E-state index in [0.717, 1.165) is 18.4 Å². The largest absolute Gasteiger partial charge is 0.326 e. The fraction of sp³-hybridized carbons (Fsp3) is 0.429. The number of hydrogen-bond donors (Lipinski definition) is 3. The highest BCUT2D eigenvalue weighted by atomic mass is 35.5. The lowest BCUT2D eigenvalue weighted by Crippen LogP contribution is -2.32. The van der Waals surface area contributed by atoms with Gasteiger partial charge in [0.25, 0.3) is 0 Å². The number of nitrogens with two attached hydrogens (primary N) is 1. The van der Waals surface area contributed by atoms with Crippen molar-refractivity contribution < 1.29 is 9.59 Å². The number of benzene rings is 1. The van der Waals surface area contributed by atoms with Crippen molar-refractivity contribution >= 4 is 35.6 Å². The SMILES string of the molecule is Cc1ccc(NC(=O)C2CC2)cc1NC(=O)C(C)N.Cl. The number of carbonyl (C=O) groups is 2. The van der Waals surface area contributed by atoms with Gasteiger partial charge in [0, 0.05) is 17.3 Å². The fourth-order valence-electron chi connectivity index (χ4n) is 1.67. The summed E-state index contributed by atoms with van der Waals surface area (Å²) in [7, 11) is 0. The van der Waals surface area contributed by atoms with Gasteiger partial charge in [0.1, 0.15) is 0 Å². The van der Waals surface area contributed by atoms with E-state index < -0.39 is 6.04 Å². The van der Waals surface area contributed by atoms with Crippen molar-refractivity contribution in [3.05, 3.63) is 23.8 Å². The van der Waals surface area contributed by atoms with E-state index in [1.165, 1.54) is 0 Å². The second-order valence-electron chi connectivity index (χ2n) is 5.07. The van der Waals surface area contributed by atoms with Gasteiger partial charge >= 0.3 is 0 Å². The Bertz CT molecular complexity index is 513. The van der Waals surface area contributed by atoms with Crippen molar-refractivity contribution in [3.8, 4) is 0 Å². The first-order valence-corrected chi connectivity index (χ1v) is 6.45. The third-order valence-corrected chi connectivity index (χ3v) is 3.12. The third kappa shape index (κ3) is 4.21. The first-order chi connectivity index (χ1) is 8.97. The van der Waals surface area contributed by atoms with Gasteiger partial charge in [-0.05, 0) is 44.4 Å². The van der Waals surface area contributed by atoms with Crippen molar-refractivity contribution in [2.24, 2.45) is 11.7 Å². The third-order valence-electron chi connectivity index (χ3n) is 3.12. The smallest absolute Gasteiger partial charge is 0.241 e. The van der Waals surface area contributed by atoms with E-state index in [-0.39, 0.29) is 30.1 Å². The number of carbonyl (C=O) groups excluding carboxylic acids is 2. The highest BCUT2D eigenvalue weighted by Gasteiger charge is 2.29. The number of amides is 2. The lowest BCUT2D eigenvalue weighted by atomic mass is 10.1. The Kier molecular flexibility index (Phi) is 5.53. The number of rotatable bonds is 4. The summed E-state index contributed by atoms with van der Waals surface area (Å²) < 4.78 is 0. The molecule has 1 aromatic carbocycles. The maximum Gasteiger partial charge on any atom is 0.241 e. The molecule has 0 heterocycles. The Hall–Kier alpha value is -1.59. The molecule has 4 N–H and O–H groups in total. The lowest BCUT2D eigenvalue weighted by Gasteiger charge is -2.12. The molecule has 1 aromatic rings. The molecule has 1 aliphatic carbocycles. The van der Waals surface area contributed by atoms with Gasteiger partial charge in [-0.25, -0.2) is 0 Å².